The van der Waals surface area contributed by atoms with Crippen LogP contribution in [0.5, 0.6) is 0 Å². The molecule has 0 saturated carbocycles. The molecular formula is C9H10N2O4. The Morgan fingerprint density at radius 2 is 2.40 bits per heavy atom. The second-order valence-corrected chi connectivity index (χ2v) is 3.15. The first kappa shape index (κ1) is 9.72. The van der Waals surface area contributed by atoms with Crippen LogP contribution in [0.1, 0.15) is 12.6 Å². The van der Waals surface area contributed by atoms with Crippen molar-refractivity contribution in [1.82, 2.24) is 9.55 Å². The Balaban J connectivity index is 2.26. The van der Waals surface area contributed by atoms with E-state index in [4.69, 9.17) is 9.84 Å². The van der Waals surface area contributed by atoms with E-state index in [0.29, 0.717) is 12.2 Å². The molecule has 1 aromatic heterocycles. The number of nitrogens with zero attached hydrogens (tertiary/aromatic N) is 1. The molecule has 1 unspecified atom stereocenters. The maximum Gasteiger partial charge on any atom is 0.331 e. The first-order valence-corrected chi connectivity index (χ1v) is 4.49. The van der Waals surface area contributed by atoms with Gasteiger partial charge in [-0.25, -0.2) is 4.79 Å². The van der Waals surface area contributed by atoms with Crippen molar-refractivity contribution in [2.45, 2.75) is 12.6 Å². The molecule has 15 heavy (non-hydrogen) atoms. The number of hydrogen-bond acceptors (Lipinski definition) is 4. The number of hydrogen-bond donors (Lipinski definition) is 2. The monoisotopic (exact) mass is 210 g/mol. The summed E-state index contributed by atoms with van der Waals surface area (Å²) in [6.07, 6.45) is 3.11. The van der Waals surface area contributed by atoms with E-state index in [2.05, 4.69) is 4.98 Å². The first-order chi connectivity index (χ1) is 7.20. The molecule has 6 heteroatoms. The second-order valence-electron chi connectivity index (χ2n) is 3.15. The third kappa shape index (κ3) is 1.84. The van der Waals surface area contributed by atoms with Crippen molar-refractivity contribution in [2.24, 2.45) is 0 Å². The molecule has 1 aromatic rings. The molecule has 0 saturated heterocycles. The summed E-state index contributed by atoms with van der Waals surface area (Å²) in [6.45, 7) is -0.186. The number of nitrogens with one attached hydrogen (secondary N) is 1. The van der Waals surface area contributed by atoms with Crippen molar-refractivity contribution < 1.29 is 9.84 Å². The van der Waals surface area contributed by atoms with Crippen molar-refractivity contribution in [1.29, 1.82) is 0 Å². The zero-order chi connectivity index (χ0) is 10.8. The number of aromatic nitrogens is 2. The fraction of sp³-hybridized carbons (Fsp3) is 0.333. The van der Waals surface area contributed by atoms with E-state index in [9.17, 15) is 9.59 Å². The highest BCUT2D eigenvalue weighted by Crippen LogP contribution is 2.23. The van der Waals surface area contributed by atoms with Crippen LogP contribution >= 0.6 is 0 Å². The van der Waals surface area contributed by atoms with Crippen LogP contribution in [0.2, 0.25) is 0 Å². The molecule has 0 amide bonds. The Morgan fingerprint density at radius 1 is 1.60 bits per heavy atom. The normalized spacial score (nSPS) is 19.8. The van der Waals surface area contributed by atoms with E-state index in [1.165, 1.54) is 16.8 Å². The van der Waals surface area contributed by atoms with E-state index in [-0.39, 0.29) is 6.61 Å². The lowest BCUT2D eigenvalue weighted by Crippen LogP contribution is -2.31. The van der Waals surface area contributed by atoms with Crippen molar-refractivity contribution in [3.63, 3.8) is 0 Å². The largest absolute Gasteiger partial charge is 0.472 e. The lowest BCUT2D eigenvalue weighted by Gasteiger charge is -2.14. The van der Waals surface area contributed by atoms with Crippen LogP contribution in [0.3, 0.4) is 0 Å². The number of H-pyrrole nitrogens is 1. The van der Waals surface area contributed by atoms with Crippen molar-refractivity contribution in [2.75, 3.05) is 6.61 Å². The molecule has 80 valence electrons. The van der Waals surface area contributed by atoms with Gasteiger partial charge in [0.25, 0.3) is 5.56 Å². The molecule has 2 rings (SSSR count). The predicted octanol–water partition coefficient (Wildman–Crippen LogP) is -0.668. The van der Waals surface area contributed by atoms with E-state index in [1.807, 2.05) is 0 Å². The minimum absolute atomic E-state index is 0.186. The fourth-order valence-electron chi connectivity index (χ4n) is 1.43. The van der Waals surface area contributed by atoms with Gasteiger partial charge in [-0.1, -0.05) is 0 Å². The maximum atomic E-state index is 11.4. The molecular weight excluding hydrogens is 200 g/mol. The number of aromatic amines is 1. The average molecular weight is 210 g/mol. The van der Waals surface area contributed by atoms with Gasteiger partial charge in [-0.15, -0.1) is 0 Å². The number of rotatable bonds is 2. The molecule has 1 atom stereocenters. The Labute approximate surface area is 84.4 Å². The SMILES string of the molecule is O=c1ccn(C2CC=C(CO)O2)c(=O)[nH]1. The summed E-state index contributed by atoms with van der Waals surface area (Å²) in [7, 11) is 0. The fourth-order valence-corrected chi connectivity index (χ4v) is 1.43. The number of ether oxygens (including phenoxy) is 1. The highest BCUT2D eigenvalue weighted by Gasteiger charge is 2.19. The lowest BCUT2D eigenvalue weighted by atomic mass is 10.3. The zero-order valence-corrected chi connectivity index (χ0v) is 7.84. The minimum Gasteiger partial charge on any atom is -0.472 e. The molecule has 6 nitrogen and oxygen atoms in total. The van der Waals surface area contributed by atoms with E-state index in [0.717, 1.165) is 0 Å². The summed E-state index contributed by atoms with van der Waals surface area (Å²) in [5.41, 5.74) is -0.954. The lowest BCUT2D eigenvalue weighted by molar-refractivity contribution is 0.0591. The summed E-state index contributed by atoms with van der Waals surface area (Å²) in [6, 6.07) is 1.25. The van der Waals surface area contributed by atoms with E-state index < -0.39 is 17.5 Å². The maximum absolute atomic E-state index is 11.4. The third-order valence-electron chi connectivity index (χ3n) is 2.15. The van der Waals surface area contributed by atoms with Gasteiger partial charge in [0.05, 0.1) is 0 Å². The molecule has 2 heterocycles. The van der Waals surface area contributed by atoms with Gasteiger partial charge in [0, 0.05) is 18.7 Å². The summed E-state index contributed by atoms with van der Waals surface area (Å²) < 4.78 is 6.55. The Kier molecular flexibility index (Phi) is 2.42. The van der Waals surface area contributed by atoms with Crippen LogP contribution in [-0.2, 0) is 4.74 Å². The number of aliphatic hydroxyl groups excluding tert-OH is 1. The molecule has 1 aliphatic heterocycles. The van der Waals surface area contributed by atoms with Gasteiger partial charge in [-0.05, 0) is 6.08 Å². The Bertz CT molecular complexity index is 499. The highest BCUT2D eigenvalue weighted by atomic mass is 16.5. The quantitative estimate of drug-likeness (QED) is 0.678. The van der Waals surface area contributed by atoms with E-state index >= 15 is 0 Å². The molecule has 0 aromatic carbocycles. The highest BCUT2D eigenvalue weighted by molar-refractivity contribution is 5.01. The van der Waals surface area contributed by atoms with Crippen molar-refractivity contribution in [3.05, 3.63) is 44.9 Å². The van der Waals surface area contributed by atoms with E-state index in [1.54, 1.807) is 6.08 Å². The molecule has 0 spiro atoms. The first-order valence-electron chi connectivity index (χ1n) is 4.49. The standard InChI is InChI=1S/C9H10N2O4/c12-5-6-1-2-8(15-6)11-4-3-7(13)10-9(11)14/h1,3-4,8,12H,2,5H2,(H,10,13,14). The van der Waals surface area contributed by atoms with Gasteiger partial charge in [-0.3, -0.25) is 14.3 Å². The van der Waals surface area contributed by atoms with Gasteiger partial charge >= 0.3 is 5.69 Å². The van der Waals surface area contributed by atoms with Gasteiger partial charge < -0.3 is 9.84 Å². The van der Waals surface area contributed by atoms with Crippen LogP contribution in [0.25, 0.3) is 0 Å². The van der Waals surface area contributed by atoms with Crippen molar-refractivity contribution >= 4 is 0 Å². The van der Waals surface area contributed by atoms with Crippen LogP contribution in [-0.4, -0.2) is 21.3 Å². The van der Waals surface area contributed by atoms with Gasteiger partial charge in [0.1, 0.15) is 12.4 Å². The van der Waals surface area contributed by atoms with Gasteiger partial charge in [0.15, 0.2) is 6.23 Å². The summed E-state index contributed by atoms with van der Waals surface area (Å²) in [5, 5.41) is 8.81. The Hall–Kier alpha value is -1.82. The van der Waals surface area contributed by atoms with Gasteiger partial charge in [0.2, 0.25) is 0 Å². The molecule has 0 aliphatic carbocycles. The van der Waals surface area contributed by atoms with Crippen LogP contribution < -0.4 is 11.2 Å². The summed E-state index contributed by atoms with van der Waals surface area (Å²) in [4.78, 5) is 24.3. The van der Waals surface area contributed by atoms with Crippen molar-refractivity contribution in [3.8, 4) is 0 Å². The smallest absolute Gasteiger partial charge is 0.331 e. The van der Waals surface area contributed by atoms with Crippen LogP contribution in [0, 0.1) is 0 Å². The molecule has 0 radical (unpaired) electrons. The molecule has 0 fully saturated rings. The predicted molar refractivity (Wildman–Crippen MR) is 51.2 cm³/mol. The topological polar surface area (TPSA) is 84.3 Å². The van der Waals surface area contributed by atoms with Crippen LogP contribution in [0.15, 0.2) is 33.7 Å². The minimum atomic E-state index is -0.514. The molecule has 2 N–H and O–H groups in total. The summed E-state index contributed by atoms with van der Waals surface area (Å²) >= 11 is 0. The third-order valence-corrected chi connectivity index (χ3v) is 2.15. The molecule has 1 aliphatic rings. The van der Waals surface area contributed by atoms with Crippen LogP contribution in [0.4, 0.5) is 0 Å². The second kappa shape index (κ2) is 3.74. The average Bonchev–Trinajstić information content (AvgIpc) is 2.66. The molecule has 0 bridgehead atoms. The summed E-state index contributed by atoms with van der Waals surface area (Å²) in [5.74, 6) is 0.443. The Morgan fingerprint density at radius 3 is 3.00 bits per heavy atom. The van der Waals surface area contributed by atoms with Gasteiger partial charge in [-0.2, -0.15) is 0 Å². The zero-order valence-electron chi connectivity index (χ0n) is 7.84. The number of aliphatic hydroxyl groups is 1.